The molecule has 2 aromatic rings. The maximum atomic E-state index is 13.3. The van der Waals surface area contributed by atoms with Gasteiger partial charge in [0.25, 0.3) is 0 Å². The number of hydrogen-bond donors (Lipinski definition) is 1. The third-order valence-electron chi connectivity index (χ3n) is 2.11. The van der Waals surface area contributed by atoms with Crippen LogP contribution >= 0.6 is 0 Å². The third-order valence-corrected chi connectivity index (χ3v) is 2.11. The van der Waals surface area contributed by atoms with Crippen LogP contribution in [0.5, 0.6) is 0 Å². The quantitative estimate of drug-likeness (QED) is 0.783. The molecule has 0 atom stereocenters. The number of amides is 1. The van der Waals surface area contributed by atoms with Crippen molar-refractivity contribution in [2.75, 3.05) is 5.32 Å². The molecular formula is C12H9FN2O. The molecule has 1 amide bonds. The fourth-order valence-electron chi connectivity index (χ4n) is 1.39. The number of para-hydroxylation sites is 1. The lowest BCUT2D eigenvalue weighted by Crippen LogP contribution is -2.07. The Kier molecular flexibility index (Phi) is 2.64. The Morgan fingerprint density at radius 2 is 2.31 bits per heavy atom. The molecule has 0 aliphatic carbocycles. The van der Waals surface area contributed by atoms with E-state index in [1.54, 1.807) is 18.2 Å². The van der Waals surface area contributed by atoms with Crippen molar-refractivity contribution in [1.82, 2.24) is 4.98 Å². The fraction of sp³-hybridized carbons (Fsp3) is 0. The number of anilines is 1. The largest absolute Gasteiger partial charge is 0.321 e. The van der Waals surface area contributed by atoms with Crippen molar-refractivity contribution < 1.29 is 9.18 Å². The predicted octanol–water partition coefficient (Wildman–Crippen LogP) is 2.50. The maximum absolute atomic E-state index is 13.3. The summed E-state index contributed by atoms with van der Waals surface area (Å²) >= 11 is 0. The van der Waals surface area contributed by atoms with Gasteiger partial charge in [-0.25, -0.2) is 4.39 Å². The molecule has 16 heavy (non-hydrogen) atoms. The lowest BCUT2D eigenvalue weighted by Gasteiger charge is -2.03. The zero-order chi connectivity index (χ0) is 11.5. The summed E-state index contributed by atoms with van der Waals surface area (Å²) in [6, 6.07) is 6.33. The number of halogens is 1. The lowest BCUT2D eigenvalue weighted by molar-refractivity contribution is -0.111. The number of rotatable bonds is 2. The summed E-state index contributed by atoms with van der Waals surface area (Å²) in [7, 11) is 0. The second kappa shape index (κ2) is 4.10. The predicted molar refractivity (Wildman–Crippen MR) is 60.5 cm³/mol. The van der Waals surface area contributed by atoms with Gasteiger partial charge in [0, 0.05) is 5.39 Å². The summed E-state index contributed by atoms with van der Waals surface area (Å²) in [6.45, 7) is 3.34. The van der Waals surface area contributed by atoms with Crippen LogP contribution < -0.4 is 5.32 Å². The van der Waals surface area contributed by atoms with Crippen molar-refractivity contribution in [2.24, 2.45) is 0 Å². The van der Waals surface area contributed by atoms with Crippen LogP contribution in [-0.4, -0.2) is 10.9 Å². The van der Waals surface area contributed by atoms with E-state index >= 15 is 0 Å². The summed E-state index contributed by atoms with van der Waals surface area (Å²) in [6.07, 6.45) is 2.57. The maximum Gasteiger partial charge on any atom is 0.247 e. The zero-order valence-corrected chi connectivity index (χ0v) is 8.40. The molecule has 1 aromatic heterocycles. The van der Waals surface area contributed by atoms with Gasteiger partial charge in [-0.1, -0.05) is 18.7 Å². The van der Waals surface area contributed by atoms with E-state index in [2.05, 4.69) is 16.9 Å². The highest BCUT2D eigenvalue weighted by atomic mass is 19.1. The van der Waals surface area contributed by atoms with Gasteiger partial charge in [-0.05, 0) is 18.2 Å². The topological polar surface area (TPSA) is 42.0 Å². The van der Waals surface area contributed by atoms with Crippen molar-refractivity contribution in [3.05, 3.63) is 48.9 Å². The number of nitrogens with zero attached hydrogens (tertiary/aromatic N) is 1. The van der Waals surface area contributed by atoms with Crippen molar-refractivity contribution in [3.63, 3.8) is 0 Å². The van der Waals surface area contributed by atoms with Crippen molar-refractivity contribution >= 4 is 22.5 Å². The number of nitrogens with one attached hydrogen (secondary N) is 1. The Labute approximate surface area is 91.6 Å². The Morgan fingerprint density at radius 1 is 1.50 bits per heavy atom. The summed E-state index contributed by atoms with van der Waals surface area (Å²) < 4.78 is 13.3. The molecule has 4 heteroatoms. The SMILES string of the molecule is C=CC(=O)Nc1cnc2c(F)cccc2c1. The minimum atomic E-state index is -0.376. The first-order valence-electron chi connectivity index (χ1n) is 4.68. The minimum Gasteiger partial charge on any atom is -0.321 e. The number of fused-ring (bicyclic) bond motifs is 1. The van der Waals surface area contributed by atoms with E-state index < -0.39 is 0 Å². The van der Waals surface area contributed by atoms with Crippen LogP contribution in [0.15, 0.2) is 43.1 Å². The summed E-state index contributed by atoms with van der Waals surface area (Å²) in [5.74, 6) is -0.698. The van der Waals surface area contributed by atoms with Crippen molar-refractivity contribution in [1.29, 1.82) is 0 Å². The molecule has 0 aliphatic heterocycles. The molecule has 0 bridgehead atoms. The van der Waals surface area contributed by atoms with Gasteiger partial charge in [-0.2, -0.15) is 0 Å². The van der Waals surface area contributed by atoms with Crippen LogP contribution in [0.3, 0.4) is 0 Å². The smallest absolute Gasteiger partial charge is 0.247 e. The lowest BCUT2D eigenvalue weighted by atomic mass is 10.2. The highest BCUT2D eigenvalue weighted by Gasteiger charge is 2.03. The Morgan fingerprint density at radius 3 is 3.06 bits per heavy atom. The Balaban J connectivity index is 2.44. The summed E-state index contributed by atoms with van der Waals surface area (Å²) in [5, 5.41) is 3.20. The first kappa shape index (κ1) is 10.3. The molecule has 0 unspecified atom stereocenters. The van der Waals surface area contributed by atoms with Gasteiger partial charge in [-0.15, -0.1) is 0 Å². The highest BCUT2D eigenvalue weighted by molar-refractivity contribution is 5.99. The second-order valence-corrected chi connectivity index (χ2v) is 3.23. The van der Waals surface area contributed by atoms with Gasteiger partial charge in [0.05, 0.1) is 11.9 Å². The van der Waals surface area contributed by atoms with Gasteiger partial charge in [0.1, 0.15) is 11.3 Å². The van der Waals surface area contributed by atoms with Crippen LogP contribution in [0, 0.1) is 5.82 Å². The van der Waals surface area contributed by atoms with Gasteiger partial charge in [0.2, 0.25) is 5.91 Å². The normalized spacial score (nSPS) is 10.1. The number of carbonyl (C=O) groups excluding carboxylic acids is 1. The molecular weight excluding hydrogens is 207 g/mol. The first-order chi connectivity index (χ1) is 7.70. The Hall–Kier alpha value is -2.23. The van der Waals surface area contributed by atoms with Crippen LogP contribution in [-0.2, 0) is 4.79 Å². The molecule has 0 fully saturated rings. The second-order valence-electron chi connectivity index (χ2n) is 3.23. The van der Waals surface area contributed by atoms with E-state index in [-0.39, 0.29) is 11.7 Å². The van der Waals surface area contributed by atoms with Gasteiger partial charge < -0.3 is 5.32 Å². The number of benzene rings is 1. The van der Waals surface area contributed by atoms with E-state index in [1.165, 1.54) is 12.3 Å². The molecule has 0 spiro atoms. The molecule has 0 saturated heterocycles. The van der Waals surface area contributed by atoms with Crippen molar-refractivity contribution in [2.45, 2.75) is 0 Å². The first-order valence-corrected chi connectivity index (χ1v) is 4.68. The molecule has 1 heterocycles. The molecule has 2 rings (SSSR count). The molecule has 1 N–H and O–H groups in total. The van der Waals surface area contributed by atoms with Crippen molar-refractivity contribution in [3.8, 4) is 0 Å². The van der Waals surface area contributed by atoms with E-state index in [4.69, 9.17) is 0 Å². The summed E-state index contributed by atoms with van der Waals surface area (Å²) in [4.78, 5) is 15.0. The molecule has 3 nitrogen and oxygen atoms in total. The van der Waals surface area contributed by atoms with E-state index in [0.29, 0.717) is 16.6 Å². The van der Waals surface area contributed by atoms with Crippen LogP contribution in [0.4, 0.5) is 10.1 Å². The van der Waals surface area contributed by atoms with Gasteiger partial charge in [-0.3, -0.25) is 9.78 Å². The molecule has 0 saturated carbocycles. The number of pyridine rings is 1. The van der Waals surface area contributed by atoms with Crippen LogP contribution in [0.2, 0.25) is 0 Å². The monoisotopic (exact) mass is 216 g/mol. The van der Waals surface area contributed by atoms with Crippen LogP contribution in [0.25, 0.3) is 10.9 Å². The zero-order valence-electron chi connectivity index (χ0n) is 8.40. The van der Waals surface area contributed by atoms with Gasteiger partial charge >= 0.3 is 0 Å². The summed E-state index contributed by atoms with van der Waals surface area (Å²) in [5.41, 5.74) is 0.808. The molecule has 1 aromatic carbocycles. The third kappa shape index (κ3) is 1.91. The fourth-order valence-corrected chi connectivity index (χ4v) is 1.39. The average Bonchev–Trinajstić information content (AvgIpc) is 2.29. The molecule has 80 valence electrons. The average molecular weight is 216 g/mol. The molecule has 0 radical (unpaired) electrons. The van der Waals surface area contributed by atoms with Crippen LogP contribution in [0.1, 0.15) is 0 Å². The minimum absolute atomic E-state index is 0.291. The van der Waals surface area contributed by atoms with E-state index in [0.717, 1.165) is 6.08 Å². The highest BCUT2D eigenvalue weighted by Crippen LogP contribution is 2.18. The Bertz CT molecular complexity index is 566. The number of aromatic nitrogens is 1. The number of hydrogen-bond acceptors (Lipinski definition) is 2. The standard InChI is InChI=1S/C12H9FN2O/c1-2-11(16)15-9-6-8-4-3-5-10(13)12(8)14-7-9/h2-7H,1H2,(H,15,16). The van der Waals surface area contributed by atoms with E-state index in [9.17, 15) is 9.18 Å². The number of carbonyl (C=O) groups is 1. The van der Waals surface area contributed by atoms with Gasteiger partial charge in [0.15, 0.2) is 0 Å². The molecule has 0 aliphatic rings. The van der Waals surface area contributed by atoms with E-state index in [1.807, 2.05) is 0 Å².